The molecule has 0 saturated heterocycles. The maximum atomic E-state index is 11.5. The fraction of sp³-hybridized carbons (Fsp3) is 0.571. The van der Waals surface area contributed by atoms with Gasteiger partial charge in [0.15, 0.2) is 0 Å². The third kappa shape index (κ3) is 1.65. The van der Waals surface area contributed by atoms with E-state index in [2.05, 4.69) is 17.0 Å². The quantitative estimate of drug-likeness (QED) is 0.715. The minimum Gasteiger partial charge on any atom is -0.244 e. The topological polar surface area (TPSA) is 52.7 Å². The summed E-state index contributed by atoms with van der Waals surface area (Å²) in [5.74, 6) is 0. The van der Waals surface area contributed by atoms with Gasteiger partial charge in [-0.25, -0.2) is 4.79 Å². The minimum atomic E-state index is -0.204. The monoisotopic (exact) mass is 200 g/mol. The summed E-state index contributed by atoms with van der Waals surface area (Å²) in [6, 6.07) is 0.254. The Bertz CT molecular complexity index is 389. The van der Waals surface area contributed by atoms with Crippen LogP contribution in [0.25, 0.3) is 0 Å². The van der Waals surface area contributed by atoms with Crippen molar-refractivity contribution in [1.82, 2.24) is 19.8 Å². The van der Waals surface area contributed by atoms with Crippen LogP contribution >= 0.6 is 11.6 Å². The molecule has 0 bridgehead atoms. The standard InChI is InChI=1S/C7H9ClN4O/c1-5(8)4-11-7(13)12(10-9-11)6-2-3-6/h6H,1-4H2. The number of aromatic nitrogens is 4. The van der Waals surface area contributed by atoms with Crippen molar-refractivity contribution in [2.45, 2.75) is 25.4 Å². The molecule has 0 unspecified atom stereocenters. The smallest absolute Gasteiger partial charge is 0.244 e. The molecular formula is C7H9ClN4O. The Kier molecular flexibility index (Phi) is 1.95. The van der Waals surface area contributed by atoms with Gasteiger partial charge in [0.1, 0.15) is 0 Å². The molecule has 2 rings (SSSR count). The molecule has 0 spiro atoms. The number of tetrazole rings is 1. The summed E-state index contributed by atoms with van der Waals surface area (Å²) in [4.78, 5) is 11.5. The average Bonchev–Trinajstić information content (AvgIpc) is 2.81. The van der Waals surface area contributed by atoms with Crippen LogP contribution in [0.5, 0.6) is 0 Å². The predicted octanol–water partition coefficient (Wildman–Crippen LogP) is 0.527. The molecule has 0 amide bonds. The molecule has 5 nitrogen and oxygen atoms in total. The van der Waals surface area contributed by atoms with E-state index in [1.54, 1.807) is 0 Å². The molecule has 13 heavy (non-hydrogen) atoms. The molecule has 0 N–H and O–H groups in total. The highest BCUT2D eigenvalue weighted by Gasteiger charge is 2.27. The lowest BCUT2D eigenvalue weighted by Crippen LogP contribution is -2.24. The minimum absolute atomic E-state index is 0.204. The van der Waals surface area contributed by atoms with Crippen LogP contribution in [-0.2, 0) is 6.54 Å². The summed E-state index contributed by atoms with van der Waals surface area (Å²) in [6.07, 6.45) is 2.03. The molecule has 1 fully saturated rings. The summed E-state index contributed by atoms with van der Waals surface area (Å²) in [7, 11) is 0. The zero-order chi connectivity index (χ0) is 9.42. The third-order valence-electron chi connectivity index (χ3n) is 1.88. The first-order valence-electron chi connectivity index (χ1n) is 4.04. The molecule has 6 heteroatoms. The number of nitrogens with zero attached hydrogens (tertiary/aromatic N) is 4. The molecule has 0 radical (unpaired) electrons. The van der Waals surface area contributed by atoms with Crippen LogP contribution in [0.2, 0.25) is 0 Å². The van der Waals surface area contributed by atoms with Crippen molar-refractivity contribution < 1.29 is 0 Å². The molecule has 0 aromatic carbocycles. The van der Waals surface area contributed by atoms with Crippen molar-refractivity contribution in [2.24, 2.45) is 0 Å². The lowest BCUT2D eigenvalue weighted by atomic mass is 10.6. The Morgan fingerprint density at radius 3 is 2.85 bits per heavy atom. The Morgan fingerprint density at radius 1 is 1.62 bits per heavy atom. The Hall–Kier alpha value is -1.10. The van der Waals surface area contributed by atoms with Crippen LogP contribution < -0.4 is 5.69 Å². The van der Waals surface area contributed by atoms with Crippen LogP contribution in [0.4, 0.5) is 0 Å². The summed E-state index contributed by atoms with van der Waals surface area (Å²) >= 11 is 5.56. The lowest BCUT2D eigenvalue weighted by Gasteiger charge is -1.93. The van der Waals surface area contributed by atoms with E-state index in [-0.39, 0.29) is 18.3 Å². The molecular weight excluding hydrogens is 192 g/mol. The highest BCUT2D eigenvalue weighted by molar-refractivity contribution is 6.29. The summed E-state index contributed by atoms with van der Waals surface area (Å²) in [6.45, 7) is 3.72. The molecule has 1 saturated carbocycles. The van der Waals surface area contributed by atoms with Gasteiger partial charge in [0.25, 0.3) is 0 Å². The molecule has 1 aromatic heterocycles. The maximum absolute atomic E-state index is 11.5. The van der Waals surface area contributed by atoms with Crippen molar-refractivity contribution in [3.05, 3.63) is 22.1 Å². The molecule has 0 aliphatic heterocycles. The number of halogens is 1. The van der Waals surface area contributed by atoms with E-state index < -0.39 is 0 Å². The molecule has 1 aromatic rings. The third-order valence-corrected chi connectivity index (χ3v) is 1.99. The second-order valence-corrected chi connectivity index (χ2v) is 3.65. The van der Waals surface area contributed by atoms with Crippen LogP contribution in [-0.4, -0.2) is 19.8 Å². The van der Waals surface area contributed by atoms with Gasteiger partial charge in [-0.05, 0) is 23.3 Å². The van der Waals surface area contributed by atoms with E-state index >= 15 is 0 Å². The highest BCUT2D eigenvalue weighted by atomic mass is 35.5. The van der Waals surface area contributed by atoms with Crippen molar-refractivity contribution in [1.29, 1.82) is 0 Å². The van der Waals surface area contributed by atoms with Gasteiger partial charge in [-0.3, -0.25) is 0 Å². The average molecular weight is 201 g/mol. The van der Waals surface area contributed by atoms with Crippen LogP contribution in [0.15, 0.2) is 16.4 Å². The first kappa shape index (κ1) is 8.50. The van der Waals surface area contributed by atoms with Crippen LogP contribution in [0, 0.1) is 0 Å². The lowest BCUT2D eigenvalue weighted by molar-refractivity contribution is 0.593. The van der Waals surface area contributed by atoms with Gasteiger partial charge in [0, 0.05) is 5.03 Å². The number of rotatable bonds is 3. The Balaban J connectivity index is 2.27. The van der Waals surface area contributed by atoms with E-state index in [9.17, 15) is 4.79 Å². The SMILES string of the molecule is C=C(Cl)Cn1nnn(C2CC2)c1=O. The zero-order valence-electron chi connectivity index (χ0n) is 6.98. The number of hydrogen-bond acceptors (Lipinski definition) is 3. The van der Waals surface area contributed by atoms with E-state index in [0.717, 1.165) is 12.8 Å². The fourth-order valence-electron chi connectivity index (χ4n) is 1.10. The number of hydrogen-bond donors (Lipinski definition) is 0. The van der Waals surface area contributed by atoms with Gasteiger partial charge in [0.2, 0.25) is 0 Å². The second kappa shape index (κ2) is 2.99. The first-order chi connectivity index (χ1) is 6.18. The fourth-order valence-corrected chi connectivity index (χ4v) is 1.21. The van der Waals surface area contributed by atoms with E-state index in [0.29, 0.717) is 5.03 Å². The second-order valence-electron chi connectivity index (χ2n) is 3.11. The van der Waals surface area contributed by atoms with Gasteiger partial charge < -0.3 is 0 Å². The van der Waals surface area contributed by atoms with Crippen molar-refractivity contribution in [2.75, 3.05) is 0 Å². The van der Waals surface area contributed by atoms with Gasteiger partial charge in [-0.2, -0.15) is 9.36 Å². The maximum Gasteiger partial charge on any atom is 0.364 e. The van der Waals surface area contributed by atoms with Crippen LogP contribution in [0.1, 0.15) is 18.9 Å². The van der Waals surface area contributed by atoms with Gasteiger partial charge in [-0.1, -0.05) is 18.2 Å². The molecule has 70 valence electrons. The van der Waals surface area contributed by atoms with Gasteiger partial charge >= 0.3 is 5.69 Å². The van der Waals surface area contributed by atoms with Crippen molar-refractivity contribution in [3.63, 3.8) is 0 Å². The van der Waals surface area contributed by atoms with E-state index in [1.165, 1.54) is 9.36 Å². The van der Waals surface area contributed by atoms with E-state index in [1.807, 2.05) is 0 Å². The Morgan fingerprint density at radius 2 is 2.31 bits per heavy atom. The van der Waals surface area contributed by atoms with E-state index in [4.69, 9.17) is 11.6 Å². The Labute approximate surface area is 79.6 Å². The zero-order valence-corrected chi connectivity index (χ0v) is 7.74. The van der Waals surface area contributed by atoms with Gasteiger partial charge in [0.05, 0.1) is 12.6 Å². The molecule has 1 heterocycles. The molecule has 1 aliphatic rings. The summed E-state index contributed by atoms with van der Waals surface area (Å²) < 4.78 is 2.62. The molecule has 0 atom stereocenters. The first-order valence-corrected chi connectivity index (χ1v) is 4.42. The normalized spacial score (nSPS) is 16.1. The summed E-state index contributed by atoms with van der Waals surface area (Å²) in [5, 5.41) is 7.82. The predicted molar refractivity (Wildman–Crippen MR) is 47.5 cm³/mol. The summed E-state index contributed by atoms with van der Waals surface area (Å²) in [5.41, 5.74) is -0.204. The largest absolute Gasteiger partial charge is 0.364 e. The highest BCUT2D eigenvalue weighted by Crippen LogP contribution is 2.32. The van der Waals surface area contributed by atoms with Crippen LogP contribution in [0.3, 0.4) is 0 Å². The van der Waals surface area contributed by atoms with Gasteiger partial charge in [-0.15, -0.1) is 0 Å². The molecule has 1 aliphatic carbocycles. The van der Waals surface area contributed by atoms with Crippen molar-refractivity contribution >= 4 is 11.6 Å². The van der Waals surface area contributed by atoms with Crippen molar-refractivity contribution in [3.8, 4) is 0 Å². The number of allylic oxidation sites excluding steroid dienone is 1.